The molecule has 13 aromatic rings. The SMILES string of the molecule is N#Cc1cc(-n2c3ccc(-c4ccccc4)cc3c3cc(-c4ccccc4)ccc32)c(C#N)c(-n2c3ccc(-n4c5ccccc5c5ccccc54)cc3c3c4ccccc4ccc32)c1. The van der Waals surface area contributed by atoms with E-state index in [1.807, 2.05) is 24.3 Å². The van der Waals surface area contributed by atoms with Crippen LogP contribution in [-0.2, 0) is 0 Å². The molecular formula is C60H35N5. The third-order valence-electron chi connectivity index (χ3n) is 13.3. The van der Waals surface area contributed by atoms with Crippen molar-refractivity contribution >= 4 is 76.2 Å². The lowest BCUT2D eigenvalue weighted by Gasteiger charge is -2.17. The van der Waals surface area contributed by atoms with Crippen molar-refractivity contribution < 1.29 is 0 Å². The summed E-state index contributed by atoms with van der Waals surface area (Å²) in [4.78, 5) is 0. The number of para-hydroxylation sites is 2. The van der Waals surface area contributed by atoms with Crippen molar-refractivity contribution in [3.05, 3.63) is 223 Å². The van der Waals surface area contributed by atoms with Crippen molar-refractivity contribution in [1.29, 1.82) is 10.5 Å². The van der Waals surface area contributed by atoms with Gasteiger partial charge in [0.25, 0.3) is 0 Å². The summed E-state index contributed by atoms with van der Waals surface area (Å²) >= 11 is 0. The molecule has 0 saturated carbocycles. The molecule has 3 heterocycles. The van der Waals surface area contributed by atoms with Crippen LogP contribution < -0.4 is 0 Å². The topological polar surface area (TPSA) is 62.4 Å². The Balaban J connectivity index is 1.11. The number of hydrogen-bond acceptors (Lipinski definition) is 2. The van der Waals surface area contributed by atoms with Gasteiger partial charge in [-0.2, -0.15) is 10.5 Å². The first-order valence-corrected chi connectivity index (χ1v) is 21.8. The van der Waals surface area contributed by atoms with Gasteiger partial charge >= 0.3 is 0 Å². The number of aromatic nitrogens is 3. The van der Waals surface area contributed by atoms with Gasteiger partial charge in [0.1, 0.15) is 11.6 Å². The van der Waals surface area contributed by atoms with Gasteiger partial charge in [0.2, 0.25) is 0 Å². The lowest BCUT2D eigenvalue weighted by Crippen LogP contribution is -2.05. The quantitative estimate of drug-likeness (QED) is 0.173. The largest absolute Gasteiger partial charge is 0.309 e. The molecule has 0 spiro atoms. The molecule has 0 aliphatic carbocycles. The first kappa shape index (κ1) is 36.5. The Hall–Kier alpha value is -9.16. The molecule has 0 radical (unpaired) electrons. The predicted molar refractivity (Wildman–Crippen MR) is 267 cm³/mol. The maximum atomic E-state index is 11.5. The zero-order valence-corrected chi connectivity index (χ0v) is 34.9. The zero-order chi connectivity index (χ0) is 43.2. The van der Waals surface area contributed by atoms with Crippen molar-refractivity contribution in [2.24, 2.45) is 0 Å². The van der Waals surface area contributed by atoms with E-state index in [0.717, 1.165) is 93.4 Å². The number of fused-ring (bicyclic) bond motifs is 11. The molecule has 0 bridgehead atoms. The summed E-state index contributed by atoms with van der Waals surface area (Å²) in [5.41, 5.74) is 13.8. The maximum Gasteiger partial charge on any atom is 0.104 e. The summed E-state index contributed by atoms with van der Waals surface area (Å²) in [5, 5.41) is 31.3. The molecule has 3 aromatic heterocycles. The number of nitrogens with zero attached hydrogens (tertiary/aromatic N) is 5. The molecule has 5 nitrogen and oxygen atoms in total. The average Bonchev–Trinajstić information content (AvgIpc) is 4.01. The summed E-state index contributed by atoms with van der Waals surface area (Å²) < 4.78 is 6.73. The molecule has 0 N–H and O–H groups in total. The Morgan fingerprint density at radius 2 is 0.785 bits per heavy atom. The Morgan fingerprint density at radius 1 is 0.308 bits per heavy atom. The second kappa shape index (κ2) is 14.2. The molecule has 0 aliphatic rings. The molecule has 13 rings (SSSR count). The molecular weight excluding hydrogens is 791 g/mol. The second-order valence-corrected chi connectivity index (χ2v) is 16.7. The summed E-state index contributed by atoms with van der Waals surface area (Å²) in [6, 6.07) is 79.5. The van der Waals surface area contributed by atoms with Crippen LogP contribution in [0.1, 0.15) is 11.1 Å². The van der Waals surface area contributed by atoms with E-state index in [1.165, 1.54) is 10.8 Å². The monoisotopic (exact) mass is 825 g/mol. The number of nitriles is 2. The molecule has 0 fully saturated rings. The van der Waals surface area contributed by atoms with Gasteiger partial charge in [-0.15, -0.1) is 0 Å². The molecule has 5 heteroatoms. The molecule has 0 aliphatic heterocycles. The van der Waals surface area contributed by atoms with Gasteiger partial charge in [-0.1, -0.05) is 140 Å². The minimum absolute atomic E-state index is 0.462. The van der Waals surface area contributed by atoms with Crippen LogP contribution in [0.3, 0.4) is 0 Å². The van der Waals surface area contributed by atoms with Gasteiger partial charge in [0, 0.05) is 38.0 Å². The van der Waals surface area contributed by atoms with E-state index in [2.05, 4.69) is 214 Å². The van der Waals surface area contributed by atoms with E-state index < -0.39 is 0 Å². The lowest BCUT2D eigenvalue weighted by molar-refractivity contribution is 1.11. The van der Waals surface area contributed by atoms with E-state index in [-0.39, 0.29) is 0 Å². The molecule has 300 valence electrons. The normalized spacial score (nSPS) is 11.7. The van der Waals surface area contributed by atoms with Crippen molar-refractivity contribution in [2.75, 3.05) is 0 Å². The van der Waals surface area contributed by atoms with Gasteiger partial charge in [0.15, 0.2) is 0 Å². The van der Waals surface area contributed by atoms with E-state index in [0.29, 0.717) is 22.5 Å². The van der Waals surface area contributed by atoms with Gasteiger partial charge < -0.3 is 13.7 Å². The minimum Gasteiger partial charge on any atom is -0.309 e. The number of benzene rings is 10. The van der Waals surface area contributed by atoms with Gasteiger partial charge in [-0.25, -0.2) is 0 Å². The smallest absolute Gasteiger partial charge is 0.104 e. The second-order valence-electron chi connectivity index (χ2n) is 16.7. The number of rotatable bonds is 5. The van der Waals surface area contributed by atoms with Gasteiger partial charge in [0.05, 0.1) is 56.1 Å². The van der Waals surface area contributed by atoms with Crippen LogP contribution >= 0.6 is 0 Å². The standard InChI is InChI=1S/C60H35N5/c61-36-38-31-58(64-54-27-24-42(39-13-3-1-4-14-39)33-48(54)49-34-43(25-28-55(49)64)40-15-5-2-6-16-40)51(37-62)59(32-38)65-56-30-26-44(35-50(56)60-45-18-8-7-17-41(45)23-29-57(60)65)63-52-21-11-9-19-46(52)47-20-10-12-22-53(47)63/h1-35H. The van der Waals surface area contributed by atoms with Crippen LogP contribution in [-0.4, -0.2) is 13.7 Å². The van der Waals surface area contributed by atoms with E-state index >= 15 is 0 Å². The van der Waals surface area contributed by atoms with Crippen LogP contribution in [0.5, 0.6) is 0 Å². The van der Waals surface area contributed by atoms with Crippen molar-refractivity contribution in [3.63, 3.8) is 0 Å². The fourth-order valence-corrected chi connectivity index (χ4v) is 10.4. The first-order valence-electron chi connectivity index (χ1n) is 21.8. The summed E-state index contributed by atoms with van der Waals surface area (Å²) in [6.07, 6.45) is 0. The Labute approximate surface area is 373 Å². The Kier molecular flexibility index (Phi) is 7.97. The van der Waals surface area contributed by atoms with Crippen LogP contribution in [0.15, 0.2) is 212 Å². The molecule has 65 heavy (non-hydrogen) atoms. The predicted octanol–water partition coefficient (Wildman–Crippen LogP) is 15.2. The third kappa shape index (κ3) is 5.44. The van der Waals surface area contributed by atoms with Crippen molar-refractivity contribution in [2.45, 2.75) is 0 Å². The van der Waals surface area contributed by atoms with E-state index in [9.17, 15) is 10.5 Å². The van der Waals surface area contributed by atoms with E-state index in [1.54, 1.807) is 0 Å². The minimum atomic E-state index is 0.462. The van der Waals surface area contributed by atoms with Gasteiger partial charge in [-0.05, 0) is 106 Å². The average molecular weight is 826 g/mol. The molecule has 10 aromatic carbocycles. The third-order valence-corrected chi connectivity index (χ3v) is 13.3. The highest BCUT2D eigenvalue weighted by molar-refractivity contribution is 6.22. The summed E-state index contributed by atoms with van der Waals surface area (Å²) in [7, 11) is 0. The van der Waals surface area contributed by atoms with Crippen molar-refractivity contribution in [1.82, 2.24) is 13.7 Å². The number of hydrogen-bond donors (Lipinski definition) is 0. The highest BCUT2D eigenvalue weighted by atomic mass is 15.0. The van der Waals surface area contributed by atoms with Crippen LogP contribution in [0.4, 0.5) is 0 Å². The Morgan fingerprint density at radius 3 is 1.37 bits per heavy atom. The first-order chi connectivity index (χ1) is 32.2. The van der Waals surface area contributed by atoms with Crippen LogP contribution in [0.25, 0.3) is 116 Å². The summed E-state index contributed by atoms with van der Waals surface area (Å²) in [6.45, 7) is 0. The zero-order valence-electron chi connectivity index (χ0n) is 34.9. The highest BCUT2D eigenvalue weighted by Gasteiger charge is 2.24. The van der Waals surface area contributed by atoms with Gasteiger partial charge in [-0.3, -0.25) is 0 Å². The molecule has 0 saturated heterocycles. The Bertz CT molecular complexity index is 4040. The lowest BCUT2D eigenvalue weighted by atomic mass is 10.0. The summed E-state index contributed by atoms with van der Waals surface area (Å²) in [5.74, 6) is 0. The van der Waals surface area contributed by atoms with Crippen LogP contribution in [0, 0.1) is 22.7 Å². The maximum absolute atomic E-state index is 11.5. The molecule has 0 atom stereocenters. The highest BCUT2D eigenvalue weighted by Crippen LogP contribution is 2.43. The fourth-order valence-electron chi connectivity index (χ4n) is 10.4. The fraction of sp³-hybridized carbons (Fsp3) is 0. The van der Waals surface area contributed by atoms with E-state index in [4.69, 9.17) is 0 Å². The molecule has 0 unspecified atom stereocenters. The van der Waals surface area contributed by atoms with Crippen molar-refractivity contribution in [3.8, 4) is 51.5 Å². The molecule has 0 amide bonds. The van der Waals surface area contributed by atoms with Crippen LogP contribution in [0.2, 0.25) is 0 Å².